The lowest BCUT2D eigenvalue weighted by Gasteiger charge is -2.36. The van der Waals surface area contributed by atoms with Crippen molar-refractivity contribution >= 4 is 23.5 Å². The summed E-state index contributed by atoms with van der Waals surface area (Å²) in [7, 11) is 0. The molecule has 0 radical (unpaired) electrons. The fourth-order valence-corrected chi connectivity index (χ4v) is 4.16. The number of nitrogens with one attached hydrogen (secondary N) is 1. The van der Waals surface area contributed by atoms with Crippen LogP contribution in [0.25, 0.3) is 0 Å². The third kappa shape index (κ3) is 4.66. The van der Waals surface area contributed by atoms with Gasteiger partial charge in [-0.1, -0.05) is 67.6 Å². The van der Waals surface area contributed by atoms with Crippen molar-refractivity contribution < 1.29 is 19.1 Å². The number of hydrogen-bond donors (Lipinski definition) is 1. The van der Waals surface area contributed by atoms with E-state index in [1.54, 1.807) is 11.9 Å². The summed E-state index contributed by atoms with van der Waals surface area (Å²) < 4.78 is 5.38. The van der Waals surface area contributed by atoms with Crippen molar-refractivity contribution in [3.05, 3.63) is 71.8 Å². The molecule has 2 aromatic carbocycles. The van der Waals surface area contributed by atoms with E-state index in [4.69, 9.17) is 4.74 Å². The number of hydrazine groups is 1. The van der Waals surface area contributed by atoms with Crippen molar-refractivity contribution in [3.63, 3.8) is 0 Å². The smallest absolute Gasteiger partial charge is 0.355 e. The second-order valence-corrected chi connectivity index (χ2v) is 9.03. The van der Waals surface area contributed by atoms with Gasteiger partial charge in [-0.3, -0.25) is 15.0 Å². The van der Waals surface area contributed by atoms with E-state index in [2.05, 4.69) is 10.5 Å². The molecule has 0 spiro atoms. The van der Waals surface area contributed by atoms with Crippen LogP contribution in [0.15, 0.2) is 65.8 Å². The van der Waals surface area contributed by atoms with E-state index in [0.29, 0.717) is 6.54 Å². The summed E-state index contributed by atoms with van der Waals surface area (Å²) in [5, 5.41) is 7.10. The van der Waals surface area contributed by atoms with Crippen LogP contribution in [-0.4, -0.2) is 45.1 Å². The monoisotopic (exact) mass is 448 g/mol. The molecule has 172 valence electrons. The Kier molecular flexibility index (Phi) is 6.29. The van der Waals surface area contributed by atoms with Crippen LogP contribution in [-0.2, 0) is 32.3 Å². The van der Waals surface area contributed by atoms with Gasteiger partial charge in [-0.2, -0.15) is 5.10 Å². The van der Waals surface area contributed by atoms with E-state index >= 15 is 0 Å². The lowest BCUT2D eigenvalue weighted by molar-refractivity contribution is -0.163. The molecule has 8 heteroatoms. The average Bonchev–Trinajstić information content (AvgIpc) is 3.29. The largest absolute Gasteiger partial charge is 0.456 e. The summed E-state index contributed by atoms with van der Waals surface area (Å²) in [6.45, 7) is 6.15. The standard InChI is InChI=1S/C25H28N4O4/c1-17-21(26-27-22(17)24(32)33-16-19-12-8-5-9-13-19)23(31)29-20(30)14-25(2,3)28(29)15-18-10-6-4-7-11-18/h4-13,17,21,26H,14-16H2,1-3H3/t17-,21+/m0/s1. The van der Waals surface area contributed by atoms with E-state index in [1.807, 2.05) is 74.5 Å². The van der Waals surface area contributed by atoms with Gasteiger partial charge in [0.05, 0.1) is 0 Å². The van der Waals surface area contributed by atoms with Crippen molar-refractivity contribution in [3.8, 4) is 0 Å². The van der Waals surface area contributed by atoms with Crippen LogP contribution in [0, 0.1) is 5.92 Å². The van der Waals surface area contributed by atoms with Gasteiger partial charge < -0.3 is 4.74 Å². The molecule has 0 bridgehead atoms. The summed E-state index contributed by atoms with van der Waals surface area (Å²) in [6.07, 6.45) is 0.222. The second kappa shape index (κ2) is 9.15. The summed E-state index contributed by atoms with van der Waals surface area (Å²) >= 11 is 0. The minimum Gasteiger partial charge on any atom is -0.456 e. The van der Waals surface area contributed by atoms with Crippen LogP contribution in [0.4, 0.5) is 0 Å². The molecule has 0 aromatic heterocycles. The first kappa shape index (κ1) is 22.7. The number of imide groups is 1. The summed E-state index contributed by atoms with van der Waals surface area (Å²) in [6, 6.07) is 18.2. The maximum Gasteiger partial charge on any atom is 0.355 e. The van der Waals surface area contributed by atoms with Crippen LogP contribution in [0.3, 0.4) is 0 Å². The highest BCUT2D eigenvalue weighted by atomic mass is 16.5. The number of hydrazone groups is 1. The van der Waals surface area contributed by atoms with Crippen LogP contribution >= 0.6 is 0 Å². The van der Waals surface area contributed by atoms with Crippen LogP contribution in [0.2, 0.25) is 0 Å². The lowest BCUT2D eigenvalue weighted by atomic mass is 9.97. The summed E-state index contributed by atoms with van der Waals surface area (Å²) in [4.78, 5) is 39.0. The zero-order valence-corrected chi connectivity index (χ0v) is 19.0. The number of rotatable bonds is 6. The SMILES string of the molecule is C[C@@H]1C(C(=O)OCc2ccccc2)=NN[C@H]1C(=O)N1C(=O)CC(C)(C)N1Cc1ccccc1. The van der Waals surface area contributed by atoms with E-state index in [0.717, 1.165) is 11.1 Å². The van der Waals surface area contributed by atoms with Crippen molar-refractivity contribution in [2.24, 2.45) is 11.0 Å². The van der Waals surface area contributed by atoms with Gasteiger partial charge in [-0.05, 0) is 25.0 Å². The highest BCUT2D eigenvalue weighted by Gasteiger charge is 2.50. The number of nitrogens with zero attached hydrogens (tertiary/aromatic N) is 3. The third-order valence-electron chi connectivity index (χ3n) is 6.09. The molecule has 2 aliphatic heterocycles. The van der Waals surface area contributed by atoms with Crippen LogP contribution in [0.1, 0.15) is 38.3 Å². The number of benzene rings is 2. The van der Waals surface area contributed by atoms with Gasteiger partial charge in [0.25, 0.3) is 5.91 Å². The Labute approximate surface area is 193 Å². The Morgan fingerprint density at radius 3 is 2.30 bits per heavy atom. The number of carbonyl (C=O) groups is 3. The normalized spacial score (nSPS) is 22.1. The summed E-state index contributed by atoms with van der Waals surface area (Å²) in [5.74, 6) is -1.82. The first-order chi connectivity index (χ1) is 15.8. The van der Waals surface area contributed by atoms with Gasteiger partial charge in [-0.15, -0.1) is 0 Å². The highest BCUT2D eigenvalue weighted by molar-refractivity contribution is 6.38. The molecule has 1 fully saturated rings. The Bertz CT molecular complexity index is 1070. The quantitative estimate of drug-likeness (QED) is 0.540. The number of carbonyl (C=O) groups excluding carboxylic acids is 3. The van der Waals surface area contributed by atoms with Crippen molar-refractivity contribution in [2.45, 2.75) is 51.9 Å². The zero-order valence-electron chi connectivity index (χ0n) is 19.0. The van der Waals surface area contributed by atoms with Crippen LogP contribution in [0.5, 0.6) is 0 Å². The van der Waals surface area contributed by atoms with E-state index < -0.39 is 29.4 Å². The van der Waals surface area contributed by atoms with Gasteiger partial charge >= 0.3 is 5.97 Å². The molecule has 8 nitrogen and oxygen atoms in total. The molecule has 33 heavy (non-hydrogen) atoms. The van der Waals surface area contributed by atoms with Gasteiger partial charge in [-0.25, -0.2) is 14.8 Å². The maximum absolute atomic E-state index is 13.5. The van der Waals surface area contributed by atoms with E-state index in [1.165, 1.54) is 5.01 Å². The Balaban J connectivity index is 1.45. The minimum absolute atomic E-state index is 0.119. The van der Waals surface area contributed by atoms with Gasteiger partial charge in [0.15, 0.2) is 5.71 Å². The molecule has 0 saturated carbocycles. The molecule has 1 N–H and O–H groups in total. The molecule has 2 amide bonds. The molecule has 1 saturated heterocycles. The predicted octanol–water partition coefficient (Wildman–Crippen LogP) is 2.65. The molecule has 2 heterocycles. The number of esters is 1. The second-order valence-electron chi connectivity index (χ2n) is 9.03. The number of amides is 2. The predicted molar refractivity (Wildman–Crippen MR) is 122 cm³/mol. The van der Waals surface area contributed by atoms with Gasteiger partial charge in [0.2, 0.25) is 5.91 Å². The number of ether oxygens (including phenoxy) is 1. The summed E-state index contributed by atoms with van der Waals surface area (Å²) in [5.41, 5.74) is 4.23. The van der Waals surface area contributed by atoms with Crippen molar-refractivity contribution in [1.29, 1.82) is 0 Å². The van der Waals surface area contributed by atoms with E-state index in [9.17, 15) is 14.4 Å². The van der Waals surface area contributed by atoms with Gasteiger partial charge in [0.1, 0.15) is 12.6 Å². The van der Waals surface area contributed by atoms with Crippen molar-refractivity contribution in [2.75, 3.05) is 0 Å². The zero-order chi connectivity index (χ0) is 23.6. The topological polar surface area (TPSA) is 91.3 Å². The Morgan fingerprint density at radius 2 is 1.67 bits per heavy atom. The van der Waals surface area contributed by atoms with E-state index in [-0.39, 0.29) is 24.6 Å². The van der Waals surface area contributed by atoms with Crippen LogP contribution < -0.4 is 5.43 Å². The first-order valence-electron chi connectivity index (χ1n) is 11.0. The molecule has 2 atom stereocenters. The number of hydrogen-bond acceptors (Lipinski definition) is 7. The fraction of sp³-hybridized carbons (Fsp3) is 0.360. The Morgan fingerprint density at radius 1 is 1.06 bits per heavy atom. The lowest BCUT2D eigenvalue weighted by Crippen LogP contribution is -2.55. The maximum atomic E-state index is 13.5. The molecule has 2 aromatic rings. The molecule has 0 unspecified atom stereocenters. The molecule has 4 rings (SSSR count). The fourth-order valence-electron chi connectivity index (χ4n) is 4.16. The van der Waals surface area contributed by atoms with Gasteiger partial charge in [0, 0.05) is 24.4 Å². The highest BCUT2D eigenvalue weighted by Crippen LogP contribution is 2.33. The molecule has 0 aliphatic carbocycles. The van der Waals surface area contributed by atoms with Crippen molar-refractivity contribution in [1.82, 2.24) is 15.4 Å². The molecule has 2 aliphatic rings. The third-order valence-corrected chi connectivity index (χ3v) is 6.09. The molecular weight excluding hydrogens is 420 g/mol. The minimum atomic E-state index is -0.833. The average molecular weight is 449 g/mol. The first-order valence-corrected chi connectivity index (χ1v) is 11.0. The Hall–Kier alpha value is -3.52. The molecular formula is C25H28N4O4.